The molecule has 0 saturated carbocycles. The Bertz CT molecular complexity index is 356. The summed E-state index contributed by atoms with van der Waals surface area (Å²) in [7, 11) is 0. The maximum Gasteiger partial charge on any atom is 0.134 e. The number of hydrogen-bond acceptors (Lipinski definition) is 4. The van der Waals surface area contributed by atoms with Gasteiger partial charge in [0.25, 0.3) is 0 Å². The van der Waals surface area contributed by atoms with Crippen LogP contribution in [0, 0.1) is 0 Å². The summed E-state index contributed by atoms with van der Waals surface area (Å²) in [6.45, 7) is 4.34. The number of aromatic nitrogens is 2. The molecule has 0 aliphatic carbocycles. The van der Waals surface area contributed by atoms with E-state index in [4.69, 9.17) is 5.73 Å². The quantitative estimate of drug-likeness (QED) is 0.872. The molecule has 1 aliphatic heterocycles. The first-order valence-electron chi connectivity index (χ1n) is 6.68. The second kappa shape index (κ2) is 5.84. The largest absolute Gasteiger partial charge is 0.384 e. The molecule has 0 radical (unpaired) electrons. The summed E-state index contributed by atoms with van der Waals surface area (Å²) in [6, 6.07) is 1.91. The maximum absolute atomic E-state index is 5.86. The molecule has 94 valence electrons. The first-order chi connectivity index (χ1) is 8.29. The van der Waals surface area contributed by atoms with Crippen LogP contribution in [0.2, 0.25) is 0 Å². The molecule has 1 aromatic heterocycles. The van der Waals surface area contributed by atoms with Crippen molar-refractivity contribution in [3.05, 3.63) is 11.9 Å². The highest BCUT2D eigenvalue weighted by molar-refractivity contribution is 5.47. The zero-order valence-electron chi connectivity index (χ0n) is 10.7. The lowest BCUT2D eigenvalue weighted by Crippen LogP contribution is -2.25. The fraction of sp³-hybridized carbons (Fsp3) is 0.692. The standard InChI is InChI=1S/C13H22N4/c1-2-7-12-15-11(14)10-13(16-12)17-8-5-3-4-6-9-17/h10H,2-9H2,1H3,(H2,14,15,16). The van der Waals surface area contributed by atoms with Gasteiger partial charge in [0.1, 0.15) is 17.5 Å². The van der Waals surface area contributed by atoms with Gasteiger partial charge in [-0.15, -0.1) is 0 Å². The minimum atomic E-state index is 0.600. The van der Waals surface area contributed by atoms with Crippen LogP contribution in [0.5, 0.6) is 0 Å². The third-order valence-corrected chi connectivity index (χ3v) is 3.18. The van der Waals surface area contributed by atoms with Crippen LogP contribution in [-0.4, -0.2) is 23.1 Å². The monoisotopic (exact) mass is 234 g/mol. The van der Waals surface area contributed by atoms with Gasteiger partial charge in [0.2, 0.25) is 0 Å². The molecule has 4 heteroatoms. The predicted molar refractivity (Wildman–Crippen MR) is 71.1 cm³/mol. The van der Waals surface area contributed by atoms with Crippen molar-refractivity contribution in [1.29, 1.82) is 0 Å². The van der Waals surface area contributed by atoms with Crippen LogP contribution in [0.15, 0.2) is 6.07 Å². The van der Waals surface area contributed by atoms with Crippen LogP contribution < -0.4 is 10.6 Å². The van der Waals surface area contributed by atoms with Gasteiger partial charge >= 0.3 is 0 Å². The van der Waals surface area contributed by atoms with Crippen molar-refractivity contribution >= 4 is 11.6 Å². The average molecular weight is 234 g/mol. The number of nitrogen functional groups attached to an aromatic ring is 1. The number of hydrogen-bond donors (Lipinski definition) is 1. The van der Waals surface area contributed by atoms with Gasteiger partial charge in [0, 0.05) is 25.6 Å². The van der Waals surface area contributed by atoms with Crippen LogP contribution in [0.25, 0.3) is 0 Å². The molecule has 2 N–H and O–H groups in total. The summed E-state index contributed by atoms with van der Waals surface area (Å²) in [5.74, 6) is 2.50. The van der Waals surface area contributed by atoms with E-state index in [1.54, 1.807) is 0 Å². The second-order valence-electron chi connectivity index (χ2n) is 4.72. The van der Waals surface area contributed by atoms with Gasteiger partial charge in [-0.25, -0.2) is 9.97 Å². The van der Waals surface area contributed by atoms with Crippen molar-refractivity contribution in [3.63, 3.8) is 0 Å². The van der Waals surface area contributed by atoms with Crippen LogP contribution in [0.4, 0.5) is 11.6 Å². The molecular formula is C13H22N4. The Labute approximate surface area is 103 Å². The van der Waals surface area contributed by atoms with E-state index in [1.165, 1.54) is 25.7 Å². The van der Waals surface area contributed by atoms with E-state index in [2.05, 4.69) is 21.8 Å². The minimum Gasteiger partial charge on any atom is -0.384 e. The van der Waals surface area contributed by atoms with Crippen molar-refractivity contribution < 1.29 is 0 Å². The number of anilines is 2. The molecule has 1 aromatic rings. The van der Waals surface area contributed by atoms with Crippen molar-refractivity contribution in [2.24, 2.45) is 0 Å². The van der Waals surface area contributed by atoms with E-state index in [9.17, 15) is 0 Å². The van der Waals surface area contributed by atoms with Gasteiger partial charge in [0.15, 0.2) is 0 Å². The highest BCUT2D eigenvalue weighted by atomic mass is 15.2. The third kappa shape index (κ3) is 3.32. The summed E-state index contributed by atoms with van der Waals surface area (Å²) in [6.07, 6.45) is 7.15. The molecule has 0 bridgehead atoms. The third-order valence-electron chi connectivity index (χ3n) is 3.18. The van der Waals surface area contributed by atoms with Gasteiger partial charge in [-0.2, -0.15) is 0 Å². The van der Waals surface area contributed by atoms with Crippen LogP contribution in [0.3, 0.4) is 0 Å². The Hall–Kier alpha value is -1.32. The Morgan fingerprint density at radius 1 is 1.18 bits per heavy atom. The fourth-order valence-electron chi connectivity index (χ4n) is 2.30. The lowest BCUT2D eigenvalue weighted by atomic mass is 10.2. The zero-order chi connectivity index (χ0) is 12.1. The van der Waals surface area contributed by atoms with Gasteiger partial charge in [-0.1, -0.05) is 19.8 Å². The summed E-state index contributed by atoms with van der Waals surface area (Å²) in [5, 5.41) is 0. The maximum atomic E-state index is 5.86. The summed E-state index contributed by atoms with van der Waals surface area (Å²) in [4.78, 5) is 11.3. The number of aryl methyl sites for hydroxylation is 1. The van der Waals surface area contributed by atoms with E-state index < -0.39 is 0 Å². The summed E-state index contributed by atoms with van der Waals surface area (Å²) >= 11 is 0. The summed E-state index contributed by atoms with van der Waals surface area (Å²) in [5.41, 5.74) is 5.86. The van der Waals surface area contributed by atoms with E-state index in [1.807, 2.05) is 6.07 Å². The average Bonchev–Trinajstić information content (AvgIpc) is 2.57. The molecule has 17 heavy (non-hydrogen) atoms. The van der Waals surface area contributed by atoms with Gasteiger partial charge in [-0.05, 0) is 19.3 Å². The van der Waals surface area contributed by atoms with E-state index in [0.717, 1.165) is 37.6 Å². The molecule has 0 spiro atoms. The Morgan fingerprint density at radius 3 is 2.53 bits per heavy atom. The van der Waals surface area contributed by atoms with E-state index in [-0.39, 0.29) is 0 Å². The van der Waals surface area contributed by atoms with Gasteiger partial charge in [-0.3, -0.25) is 0 Å². The minimum absolute atomic E-state index is 0.600. The fourth-order valence-corrected chi connectivity index (χ4v) is 2.30. The molecule has 1 fully saturated rings. The Kier molecular flexibility index (Phi) is 4.18. The van der Waals surface area contributed by atoms with Crippen molar-refractivity contribution in [2.45, 2.75) is 45.4 Å². The lowest BCUT2D eigenvalue weighted by Gasteiger charge is -2.22. The molecular weight excluding hydrogens is 212 g/mol. The molecule has 1 aliphatic rings. The number of rotatable bonds is 3. The van der Waals surface area contributed by atoms with E-state index >= 15 is 0 Å². The normalized spacial score (nSPS) is 16.9. The second-order valence-corrected chi connectivity index (χ2v) is 4.72. The van der Waals surface area contributed by atoms with Crippen molar-refractivity contribution in [1.82, 2.24) is 9.97 Å². The highest BCUT2D eigenvalue weighted by Crippen LogP contribution is 2.19. The predicted octanol–water partition coefficient (Wildman–Crippen LogP) is 2.39. The summed E-state index contributed by atoms with van der Waals surface area (Å²) < 4.78 is 0. The zero-order valence-corrected chi connectivity index (χ0v) is 10.7. The van der Waals surface area contributed by atoms with Crippen LogP contribution in [-0.2, 0) is 6.42 Å². The Morgan fingerprint density at radius 2 is 1.88 bits per heavy atom. The van der Waals surface area contributed by atoms with E-state index in [0.29, 0.717) is 5.82 Å². The van der Waals surface area contributed by atoms with Crippen molar-refractivity contribution in [2.75, 3.05) is 23.7 Å². The molecule has 1 saturated heterocycles. The first-order valence-corrected chi connectivity index (χ1v) is 6.68. The van der Waals surface area contributed by atoms with Crippen LogP contribution in [0.1, 0.15) is 44.9 Å². The molecule has 0 aromatic carbocycles. The van der Waals surface area contributed by atoms with Crippen LogP contribution >= 0.6 is 0 Å². The number of nitrogens with zero attached hydrogens (tertiary/aromatic N) is 3. The van der Waals surface area contributed by atoms with Crippen molar-refractivity contribution in [3.8, 4) is 0 Å². The molecule has 0 unspecified atom stereocenters. The molecule has 2 rings (SSSR count). The number of nitrogens with two attached hydrogens (primary N) is 1. The first kappa shape index (κ1) is 12.1. The smallest absolute Gasteiger partial charge is 0.134 e. The van der Waals surface area contributed by atoms with Gasteiger partial charge < -0.3 is 10.6 Å². The molecule has 2 heterocycles. The molecule has 4 nitrogen and oxygen atoms in total. The molecule has 0 atom stereocenters. The Balaban J connectivity index is 2.17. The topological polar surface area (TPSA) is 55.0 Å². The lowest BCUT2D eigenvalue weighted by molar-refractivity contribution is 0.726. The molecule has 0 amide bonds. The van der Waals surface area contributed by atoms with Gasteiger partial charge in [0.05, 0.1) is 0 Å². The SMILES string of the molecule is CCCc1nc(N)cc(N2CCCCCC2)n1. The highest BCUT2D eigenvalue weighted by Gasteiger charge is 2.12.